The molecule has 25 heavy (non-hydrogen) atoms. The maximum atomic E-state index is 12.9. The summed E-state index contributed by atoms with van der Waals surface area (Å²) in [6.07, 6.45) is 2.62. The van der Waals surface area contributed by atoms with Crippen molar-refractivity contribution < 1.29 is 14.3 Å². The van der Waals surface area contributed by atoms with Gasteiger partial charge in [-0.2, -0.15) is 0 Å². The summed E-state index contributed by atoms with van der Waals surface area (Å²) in [5, 5.41) is 3.75. The third-order valence-corrected chi connectivity index (χ3v) is 5.35. The van der Waals surface area contributed by atoms with E-state index < -0.39 is 5.41 Å². The molecule has 2 aromatic carbocycles. The highest BCUT2D eigenvalue weighted by Crippen LogP contribution is 2.44. The summed E-state index contributed by atoms with van der Waals surface area (Å²) in [5.41, 5.74) is 0.602. The van der Waals surface area contributed by atoms with Crippen molar-refractivity contribution in [3.05, 3.63) is 59.1 Å². The van der Waals surface area contributed by atoms with Crippen LogP contribution in [0, 0.1) is 0 Å². The van der Waals surface area contributed by atoms with Crippen LogP contribution in [0.25, 0.3) is 0 Å². The van der Waals surface area contributed by atoms with Crippen molar-refractivity contribution in [2.75, 3.05) is 13.2 Å². The Balaban J connectivity index is 1.41. The molecule has 2 aromatic rings. The Bertz CT molecular complexity index is 771. The van der Waals surface area contributed by atoms with E-state index in [0.29, 0.717) is 18.2 Å². The van der Waals surface area contributed by atoms with E-state index >= 15 is 0 Å². The third-order valence-electron chi connectivity index (χ3n) is 5.10. The van der Waals surface area contributed by atoms with Crippen LogP contribution in [0.1, 0.15) is 24.8 Å². The molecule has 5 heteroatoms. The first kappa shape index (κ1) is 16.3. The Kier molecular flexibility index (Phi) is 4.30. The van der Waals surface area contributed by atoms with Crippen molar-refractivity contribution >= 4 is 17.5 Å². The lowest BCUT2D eigenvalue weighted by molar-refractivity contribution is -0.130. The SMILES string of the molecule is O=C(NCC1COc2ccccc2O1)C1(c2ccc(Cl)cc2)CCC1. The summed E-state index contributed by atoms with van der Waals surface area (Å²) in [5.74, 6) is 1.54. The number of nitrogens with one attached hydrogen (secondary N) is 1. The maximum absolute atomic E-state index is 12.9. The molecule has 1 atom stereocenters. The predicted molar refractivity (Wildman–Crippen MR) is 96.3 cm³/mol. The number of hydrogen-bond acceptors (Lipinski definition) is 3. The lowest BCUT2D eigenvalue weighted by Crippen LogP contribution is -2.52. The van der Waals surface area contributed by atoms with E-state index in [1.807, 2.05) is 48.5 Å². The Hall–Kier alpha value is -2.20. The van der Waals surface area contributed by atoms with Gasteiger partial charge in [0.15, 0.2) is 11.5 Å². The molecule has 1 aliphatic carbocycles. The molecule has 0 saturated heterocycles. The van der Waals surface area contributed by atoms with E-state index in [9.17, 15) is 4.79 Å². The first-order chi connectivity index (χ1) is 12.2. The largest absolute Gasteiger partial charge is 0.486 e. The summed E-state index contributed by atoms with van der Waals surface area (Å²) >= 11 is 5.98. The molecule has 0 aromatic heterocycles. The van der Waals surface area contributed by atoms with E-state index in [4.69, 9.17) is 21.1 Å². The average molecular weight is 358 g/mol. The number of fused-ring (bicyclic) bond motifs is 1. The third kappa shape index (κ3) is 3.07. The normalized spacial score (nSPS) is 20.4. The van der Waals surface area contributed by atoms with Gasteiger partial charge in [0.25, 0.3) is 0 Å². The fourth-order valence-electron chi connectivity index (χ4n) is 3.49. The molecule has 1 saturated carbocycles. The minimum atomic E-state index is -0.433. The molecule has 1 unspecified atom stereocenters. The minimum Gasteiger partial charge on any atom is -0.486 e. The van der Waals surface area contributed by atoms with Crippen LogP contribution in [0.4, 0.5) is 0 Å². The van der Waals surface area contributed by atoms with Crippen molar-refractivity contribution in [1.82, 2.24) is 5.32 Å². The number of halogens is 1. The molecular formula is C20H20ClNO3. The number of para-hydroxylation sites is 2. The van der Waals surface area contributed by atoms with E-state index in [-0.39, 0.29) is 12.0 Å². The molecule has 4 nitrogen and oxygen atoms in total. The minimum absolute atomic E-state index is 0.0588. The summed E-state index contributed by atoms with van der Waals surface area (Å²) in [4.78, 5) is 12.9. The predicted octanol–water partition coefficient (Wildman–Crippen LogP) is 3.72. The van der Waals surface area contributed by atoms with Crippen LogP contribution in [0.5, 0.6) is 11.5 Å². The smallest absolute Gasteiger partial charge is 0.230 e. The van der Waals surface area contributed by atoms with Crippen LogP contribution in [0.3, 0.4) is 0 Å². The number of rotatable bonds is 4. The van der Waals surface area contributed by atoms with Gasteiger partial charge in [0, 0.05) is 5.02 Å². The number of carbonyl (C=O) groups is 1. The molecule has 2 aliphatic rings. The van der Waals surface area contributed by atoms with Crippen LogP contribution in [-0.4, -0.2) is 25.2 Å². The second-order valence-electron chi connectivity index (χ2n) is 6.65. The van der Waals surface area contributed by atoms with Gasteiger partial charge in [-0.15, -0.1) is 0 Å². The second kappa shape index (κ2) is 6.60. The van der Waals surface area contributed by atoms with Crippen molar-refractivity contribution in [1.29, 1.82) is 0 Å². The molecule has 130 valence electrons. The van der Waals surface area contributed by atoms with Crippen molar-refractivity contribution in [2.24, 2.45) is 0 Å². The van der Waals surface area contributed by atoms with Gasteiger partial charge in [-0.1, -0.05) is 42.3 Å². The fourth-order valence-corrected chi connectivity index (χ4v) is 3.61. The Morgan fingerprint density at radius 2 is 1.84 bits per heavy atom. The van der Waals surface area contributed by atoms with Gasteiger partial charge in [0.2, 0.25) is 5.91 Å². The molecule has 1 amide bonds. The Morgan fingerprint density at radius 1 is 1.12 bits per heavy atom. The first-order valence-corrected chi connectivity index (χ1v) is 8.98. The van der Waals surface area contributed by atoms with Crippen LogP contribution >= 0.6 is 11.6 Å². The Morgan fingerprint density at radius 3 is 2.52 bits per heavy atom. The van der Waals surface area contributed by atoms with Gasteiger partial charge in [-0.05, 0) is 42.7 Å². The fraction of sp³-hybridized carbons (Fsp3) is 0.350. The first-order valence-electron chi connectivity index (χ1n) is 8.60. The van der Waals surface area contributed by atoms with E-state index in [0.717, 1.165) is 36.3 Å². The Labute approximate surface area is 152 Å². The highest BCUT2D eigenvalue weighted by molar-refractivity contribution is 6.30. The zero-order chi connectivity index (χ0) is 17.3. The van der Waals surface area contributed by atoms with Gasteiger partial charge in [0.05, 0.1) is 12.0 Å². The maximum Gasteiger partial charge on any atom is 0.230 e. The van der Waals surface area contributed by atoms with Gasteiger partial charge >= 0.3 is 0 Å². The van der Waals surface area contributed by atoms with Crippen molar-refractivity contribution in [2.45, 2.75) is 30.8 Å². The van der Waals surface area contributed by atoms with Crippen molar-refractivity contribution in [3.8, 4) is 11.5 Å². The molecule has 1 fully saturated rings. The zero-order valence-electron chi connectivity index (χ0n) is 13.8. The molecule has 1 aliphatic heterocycles. The monoisotopic (exact) mass is 357 g/mol. The van der Waals surface area contributed by atoms with Gasteiger partial charge in [0.1, 0.15) is 12.7 Å². The number of carbonyl (C=O) groups excluding carboxylic acids is 1. The lowest BCUT2D eigenvalue weighted by atomic mass is 9.64. The van der Waals surface area contributed by atoms with Crippen LogP contribution in [-0.2, 0) is 10.2 Å². The van der Waals surface area contributed by atoms with Gasteiger partial charge in [-0.25, -0.2) is 0 Å². The van der Waals surface area contributed by atoms with Crippen LogP contribution < -0.4 is 14.8 Å². The number of ether oxygens (including phenoxy) is 2. The number of hydrogen-bond donors (Lipinski definition) is 1. The van der Waals surface area contributed by atoms with E-state index in [1.54, 1.807) is 0 Å². The lowest BCUT2D eigenvalue weighted by Gasteiger charge is -2.41. The molecule has 4 rings (SSSR count). The van der Waals surface area contributed by atoms with E-state index in [2.05, 4.69) is 5.32 Å². The second-order valence-corrected chi connectivity index (χ2v) is 7.09. The number of amides is 1. The molecule has 1 N–H and O–H groups in total. The standard InChI is InChI=1S/C20H20ClNO3/c21-15-8-6-14(7-9-15)20(10-3-11-20)19(23)22-12-16-13-24-17-4-1-2-5-18(17)25-16/h1-2,4-9,16H,3,10-13H2,(H,22,23). The zero-order valence-corrected chi connectivity index (χ0v) is 14.6. The topological polar surface area (TPSA) is 47.6 Å². The van der Waals surface area contributed by atoms with E-state index in [1.165, 1.54) is 0 Å². The van der Waals surface area contributed by atoms with Crippen LogP contribution in [0.2, 0.25) is 5.02 Å². The highest BCUT2D eigenvalue weighted by atomic mass is 35.5. The molecular weight excluding hydrogens is 338 g/mol. The summed E-state index contributed by atoms with van der Waals surface area (Å²) in [6, 6.07) is 15.2. The average Bonchev–Trinajstić information content (AvgIpc) is 2.60. The van der Waals surface area contributed by atoms with Gasteiger partial charge in [-0.3, -0.25) is 4.79 Å². The molecule has 0 bridgehead atoms. The van der Waals surface area contributed by atoms with Gasteiger partial charge < -0.3 is 14.8 Å². The quantitative estimate of drug-likeness (QED) is 0.907. The highest BCUT2D eigenvalue weighted by Gasteiger charge is 2.45. The van der Waals surface area contributed by atoms with Crippen LogP contribution in [0.15, 0.2) is 48.5 Å². The summed E-state index contributed by atoms with van der Waals surface area (Å²) in [7, 11) is 0. The number of benzene rings is 2. The summed E-state index contributed by atoms with van der Waals surface area (Å²) in [6.45, 7) is 0.869. The molecule has 1 heterocycles. The molecule has 0 radical (unpaired) electrons. The van der Waals surface area contributed by atoms with Crippen molar-refractivity contribution in [3.63, 3.8) is 0 Å². The summed E-state index contributed by atoms with van der Waals surface area (Å²) < 4.78 is 11.6. The molecule has 0 spiro atoms.